The Hall–Kier alpha value is -0.940. The maximum atomic E-state index is 13.9. The Labute approximate surface area is 114 Å². The summed E-state index contributed by atoms with van der Waals surface area (Å²) in [4.78, 5) is 13.3. The number of likely N-dealkylation sites (N-methyl/N-ethyl adjacent to an activating group) is 1. The maximum absolute atomic E-state index is 13.9. The molecule has 0 bridgehead atoms. The van der Waals surface area contributed by atoms with Crippen molar-refractivity contribution in [2.75, 3.05) is 19.6 Å². The van der Waals surface area contributed by atoms with Crippen LogP contribution in [0.15, 0.2) is 22.7 Å². The molecule has 0 aromatic heterocycles. The molecule has 1 aliphatic heterocycles. The van der Waals surface area contributed by atoms with E-state index in [4.69, 9.17) is 0 Å². The molecule has 0 radical (unpaired) electrons. The van der Waals surface area contributed by atoms with Crippen molar-refractivity contribution >= 4 is 21.9 Å². The number of benzene rings is 1. The second-order valence-corrected chi connectivity index (χ2v) is 5.48. The molecule has 18 heavy (non-hydrogen) atoms. The minimum atomic E-state index is -0.849. The fourth-order valence-electron chi connectivity index (χ4n) is 2.51. The molecule has 1 N–H and O–H groups in total. The molecule has 0 saturated carbocycles. The van der Waals surface area contributed by atoms with Crippen molar-refractivity contribution in [3.05, 3.63) is 34.1 Å². The molecular weight excluding hydrogens is 301 g/mol. The Bertz CT molecular complexity index is 466. The van der Waals surface area contributed by atoms with Gasteiger partial charge in [0.05, 0.1) is 5.92 Å². The summed E-state index contributed by atoms with van der Waals surface area (Å²) in [5.74, 6) is -1.98. The van der Waals surface area contributed by atoms with Gasteiger partial charge < -0.3 is 10.0 Å². The van der Waals surface area contributed by atoms with Gasteiger partial charge in [-0.1, -0.05) is 28.9 Å². The third-order valence-electron chi connectivity index (χ3n) is 3.52. The first-order valence-corrected chi connectivity index (χ1v) is 6.72. The number of carbonyl (C=O) groups is 1. The van der Waals surface area contributed by atoms with Crippen molar-refractivity contribution in [2.24, 2.45) is 5.92 Å². The number of hydrogen-bond donors (Lipinski definition) is 1. The predicted molar refractivity (Wildman–Crippen MR) is 70.1 cm³/mol. The topological polar surface area (TPSA) is 40.5 Å². The van der Waals surface area contributed by atoms with Gasteiger partial charge in [0, 0.05) is 23.5 Å². The summed E-state index contributed by atoms with van der Waals surface area (Å²) in [6, 6.07) is 4.83. The fraction of sp³-hybridized carbons (Fsp3) is 0.462. The third-order valence-corrected chi connectivity index (χ3v) is 4.02. The largest absolute Gasteiger partial charge is 0.481 e. The first-order chi connectivity index (χ1) is 8.52. The minimum absolute atomic E-state index is 0.268. The lowest BCUT2D eigenvalue weighted by Gasteiger charge is -2.16. The molecule has 1 fully saturated rings. The summed E-state index contributed by atoms with van der Waals surface area (Å²) >= 11 is 3.21. The van der Waals surface area contributed by atoms with Crippen LogP contribution in [0.3, 0.4) is 0 Å². The van der Waals surface area contributed by atoms with Gasteiger partial charge in [0.15, 0.2) is 0 Å². The Morgan fingerprint density at radius 2 is 2.28 bits per heavy atom. The lowest BCUT2D eigenvalue weighted by Crippen LogP contribution is -2.23. The molecule has 0 aliphatic carbocycles. The third kappa shape index (κ3) is 2.57. The van der Waals surface area contributed by atoms with E-state index in [0.717, 1.165) is 6.54 Å². The van der Waals surface area contributed by atoms with Crippen LogP contribution in [0.1, 0.15) is 18.4 Å². The summed E-state index contributed by atoms with van der Waals surface area (Å²) in [6.07, 6.45) is 0. The van der Waals surface area contributed by atoms with Crippen molar-refractivity contribution in [1.82, 2.24) is 4.90 Å². The number of nitrogens with zero attached hydrogens (tertiary/aromatic N) is 1. The number of hydrogen-bond acceptors (Lipinski definition) is 2. The summed E-state index contributed by atoms with van der Waals surface area (Å²) in [5, 5.41) is 9.25. The zero-order valence-corrected chi connectivity index (χ0v) is 11.7. The molecule has 2 rings (SSSR count). The monoisotopic (exact) mass is 315 g/mol. The van der Waals surface area contributed by atoms with Gasteiger partial charge in [-0.15, -0.1) is 0 Å². The second-order valence-electron chi connectivity index (χ2n) is 4.57. The highest BCUT2D eigenvalue weighted by molar-refractivity contribution is 9.10. The average Bonchev–Trinajstić information content (AvgIpc) is 2.73. The standard InChI is InChI=1S/C13H15BrFNO2/c1-2-16-6-10(11(7-16)13(17)18)9-4-3-8(14)5-12(9)15/h3-5,10-11H,2,6-7H2,1H3,(H,17,18). The summed E-state index contributed by atoms with van der Waals surface area (Å²) in [6.45, 7) is 3.87. The van der Waals surface area contributed by atoms with Gasteiger partial charge in [0.25, 0.3) is 0 Å². The smallest absolute Gasteiger partial charge is 0.308 e. The first kappa shape index (κ1) is 13.5. The van der Waals surface area contributed by atoms with Gasteiger partial charge in [-0.05, 0) is 24.2 Å². The van der Waals surface area contributed by atoms with Crippen LogP contribution >= 0.6 is 15.9 Å². The van der Waals surface area contributed by atoms with Crippen LogP contribution in [-0.4, -0.2) is 35.6 Å². The summed E-state index contributed by atoms with van der Waals surface area (Å²) in [7, 11) is 0. The van der Waals surface area contributed by atoms with Crippen molar-refractivity contribution in [3.8, 4) is 0 Å². The van der Waals surface area contributed by atoms with Crippen LogP contribution in [0.5, 0.6) is 0 Å². The van der Waals surface area contributed by atoms with Crippen LogP contribution in [0.25, 0.3) is 0 Å². The second kappa shape index (κ2) is 5.36. The number of aliphatic carboxylic acids is 1. The lowest BCUT2D eigenvalue weighted by atomic mass is 9.89. The molecule has 0 spiro atoms. The van der Waals surface area contributed by atoms with E-state index in [0.29, 0.717) is 23.1 Å². The van der Waals surface area contributed by atoms with E-state index in [2.05, 4.69) is 15.9 Å². The number of carboxylic acid groups (broad SMARTS) is 1. The van der Waals surface area contributed by atoms with Crippen LogP contribution in [0.4, 0.5) is 4.39 Å². The van der Waals surface area contributed by atoms with Crippen LogP contribution in [0, 0.1) is 11.7 Å². The van der Waals surface area contributed by atoms with E-state index >= 15 is 0 Å². The number of carboxylic acids is 1. The molecule has 1 heterocycles. The van der Waals surface area contributed by atoms with Crippen molar-refractivity contribution in [3.63, 3.8) is 0 Å². The maximum Gasteiger partial charge on any atom is 0.308 e. The van der Waals surface area contributed by atoms with E-state index in [-0.39, 0.29) is 11.7 Å². The Kier molecular flexibility index (Phi) is 4.02. The van der Waals surface area contributed by atoms with Gasteiger partial charge >= 0.3 is 5.97 Å². The van der Waals surface area contributed by atoms with E-state index in [1.54, 1.807) is 12.1 Å². The number of halogens is 2. The molecule has 98 valence electrons. The van der Waals surface area contributed by atoms with Crippen LogP contribution in [0.2, 0.25) is 0 Å². The first-order valence-electron chi connectivity index (χ1n) is 5.93. The predicted octanol–water partition coefficient (Wildman–Crippen LogP) is 2.71. The van der Waals surface area contributed by atoms with Gasteiger partial charge in [-0.2, -0.15) is 0 Å². The van der Waals surface area contributed by atoms with Gasteiger partial charge in [0.2, 0.25) is 0 Å². The molecule has 5 heteroatoms. The molecule has 2 atom stereocenters. The van der Waals surface area contributed by atoms with Crippen molar-refractivity contribution in [1.29, 1.82) is 0 Å². The molecule has 1 aliphatic rings. The van der Waals surface area contributed by atoms with E-state index in [1.165, 1.54) is 6.07 Å². The average molecular weight is 316 g/mol. The molecule has 2 unspecified atom stereocenters. The molecule has 1 saturated heterocycles. The molecule has 1 aromatic rings. The van der Waals surface area contributed by atoms with Crippen molar-refractivity contribution < 1.29 is 14.3 Å². The van der Waals surface area contributed by atoms with Crippen LogP contribution < -0.4 is 0 Å². The zero-order valence-electron chi connectivity index (χ0n) is 10.1. The quantitative estimate of drug-likeness (QED) is 0.932. The van der Waals surface area contributed by atoms with E-state index in [9.17, 15) is 14.3 Å². The number of likely N-dealkylation sites (tertiary alicyclic amines) is 1. The van der Waals surface area contributed by atoms with E-state index in [1.807, 2.05) is 11.8 Å². The highest BCUT2D eigenvalue weighted by atomic mass is 79.9. The highest BCUT2D eigenvalue weighted by Gasteiger charge is 2.38. The van der Waals surface area contributed by atoms with E-state index < -0.39 is 11.9 Å². The molecular formula is C13H15BrFNO2. The molecule has 3 nitrogen and oxygen atoms in total. The normalized spacial score (nSPS) is 24.4. The van der Waals surface area contributed by atoms with Crippen LogP contribution in [-0.2, 0) is 4.79 Å². The highest BCUT2D eigenvalue weighted by Crippen LogP contribution is 2.34. The Morgan fingerprint density at radius 1 is 1.56 bits per heavy atom. The fourth-order valence-corrected chi connectivity index (χ4v) is 2.84. The SMILES string of the molecule is CCN1CC(C(=O)O)C(c2ccc(Br)cc2F)C1. The van der Waals surface area contributed by atoms with Gasteiger partial charge in [0.1, 0.15) is 5.82 Å². The molecule has 1 aromatic carbocycles. The molecule has 0 amide bonds. The number of rotatable bonds is 3. The lowest BCUT2D eigenvalue weighted by molar-refractivity contribution is -0.141. The minimum Gasteiger partial charge on any atom is -0.481 e. The van der Waals surface area contributed by atoms with Gasteiger partial charge in [-0.3, -0.25) is 4.79 Å². The van der Waals surface area contributed by atoms with Gasteiger partial charge in [-0.25, -0.2) is 4.39 Å². The Balaban J connectivity index is 2.32. The van der Waals surface area contributed by atoms with Crippen molar-refractivity contribution in [2.45, 2.75) is 12.8 Å². The summed E-state index contributed by atoms with van der Waals surface area (Å²) < 4.78 is 14.6. The summed E-state index contributed by atoms with van der Waals surface area (Å²) in [5.41, 5.74) is 0.501. The zero-order chi connectivity index (χ0) is 13.3. The Morgan fingerprint density at radius 3 is 2.83 bits per heavy atom.